The lowest BCUT2D eigenvalue weighted by Crippen LogP contribution is -2.49. The number of piperazine rings is 1. The van der Waals surface area contributed by atoms with Gasteiger partial charge in [0.1, 0.15) is 16.5 Å². The summed E-state index contributed by atoms with van der Waals surface area (Å²) in [5.74, 6) is 2.14. The van der Waals surface area contributed by atoms with E-state index < -0.39 is 10.0 Å². The molecule has 5 rings (SSSR count). The highest BCUT2D eigenvalue weighted by Gasteiger charge is 2.30. The standard InChI is InChI=1S/C22H26N6O3S2/c1-13(2)10-15-12-32-21-19(15)20(23-14(3)24-21)27-6-8-28(9-7-27)33(30,31)16-4-5-17-18(11-16)26-22(29)25-17/h4-5,11-13H,6-10H2,1-3H3,(H2,25,26,29). The normalized spacial score (nSPS) is 15.8. The number of aromatic nitrogens is 4. The maximum atomic E-state index is 13.3. The molecular formula is C22H26N6O3S2. The summed E-state index contributed by atoms with van der Waals surface area (Å²) in [5, 5.41) is 3.27. The number of fused-ring (bicyclic) bond motifs is 2. The van der Waals surface area contributed by atoms with Crippen LogP contribution in [0.5, 0.6) is 0 Å². The molecule has 11 heteroatoms. The smallest absolute Gasteiger partial charge is 0.323 e. The molecule has 1 fully saturated rings. The van der Waals surface area contributed by atoms with Gasteiger partial charge in [0.25, 0.3) is 0 Å². The number of benzene rings is 1. The molecule has 1 aromatic carbocycles. The van der Waals surface area contributed by atoms with Gasteiger partial charge >= 0.3 is 5.69 Å². The summed E-state index contributed by atoms with van der Waals surface area (Å²) in [6.07, 6.45) is 0.956. The Morgan fingerprint density at radius 1 is 1.09 bits per heavy atom. The van der Waals surface area contributed by atoms with Crippen molar-refractivity contribution in [3.63, 3.8) is 0 Å². The number of sulfonamides is 1. The van der Waals surface area contributed by atoms with Gasteiger partial charge in [-0.05, 0) is 48.4 Å². The maximum absolute atomic E-state index is 13.3. The van der Waals surface area contributed by atoms with Crippen LogP contribution in [0.4, 0.5) is 5.82 Å². The van der Waals surface area contributed by atoms with Crippen LogP contribution in [-0.2, 0) is 16.4 Å². The van der Waals surface area contributed by atoms with Crippen molar-refractivity contribution >= 4 is 48.4 Å². The van der Waals surface area contributed by atoms with Crippen molar-refractivity contribution in [2.45, 2.75) is 32.1 Å². The summed E-state index contributed by atoms with van der Waals surface area (Å²) in [5.41, 5.74) is 1.96. The number of rotatable bonds is 5. The number of H-pyrrole nitrogens is 2. The Hall–Kier alpha value is -2.76. The molecule has 0 amide bonds. The molecule has 0 atom stereocenters. The van der Waals surface area contributed by atoms with Crippen LogP contribution in [0, 0.1) is 12.8 Å². The molecule has 3 aromatic heterocycles. The lowest BCUT2D eigenvalue weighted by atomic mass is 10.0. The number of thiophene rings is 1. The molecule has 1 saturated heterocycles. The van der Waals surface area contributed by atoms with E-state index in [0.29, 0.717) is 43.1 Å². The van der Waals surface area contributed by atoms with Gasteiger partial charge in [0.15, 0.2) is 0 Å². The van der Waals surface area contributed by atoms with Gasteiger partial charge in [-0.3, -0.25) is 0 Å². The molecule has 0 saturated carbocycles. The number of hydrogen-bond acceptors (Lipinski definition) is 7. The third-order valence-corrected chi connectivity index (χ3v) is 8.71. The van der Waals surface area contributed by atoms with Gasteiger partial charge in [0.2, 0.25) is 10.0 Å². The Morgan fingerprint density at radius 2 is 1.82 bits per heavy atom. The average Bonchev–Trinajstić information content (AvgIpc) is 3.34. The minimum absolute atomic E-state index is 0.177. The number of aryl methyl sites for hydroxylation is 1. The van der Waals surface area contributed by atoms with Crippen LogP contribution >= 0.6 is 11.3 Å². The Kier molecular flexibility index (Phi) is 5.50. The van der Waals surface area contributed by atoms with E-state index >= 15 is 0 Å². The SMILES string of the molecule is Cc1nc(N2CCN(S(=O)(=O)c3ccc4[nH]c(=O)[nH]c4c3)CC2)c2c(CC(C)C)csc2n1. The van der Waals surface area contributed by atoms with Crippen molar-refractivity contribution in [2.24, 2.45) is 5.92 Å². The van der Waals surface area contributed by atoms with Crippen LogP contribution in [0.1, 0.15) is 25.2 Å². The first-order valence-corrected chi connectivity index (χ1v) is 13.3. The quantitative estimate of drug-likeness (QED) is 0.448. The molecule has 0 bridgehead atoms. The second-order valence-corrected chi connectivity index (χ2v) is 11.6. The molecule has 9 nitrogen and oxygen atoms in total. The fraction of sp³-hybridized carbons (Fsp3) is 0.409. The molecule has 4 heterocycles. The topological polar surface area (TPSA) is 115 Å². The van der Waals surface area contributed by atoms with E-state index in [4.69, 9.17) is 4.98 Å². The monoisotopic (exact) mass is 486 g/mol. The van der Waals surface area contributed by atoms with Crippen molar-refractivity contribution in [1.82, 2.24) is 24.2 Å². The zero-order chi connectivity index (χ0) is 23.3. The number of nitrogens with one attached hydrogen (secondary N) is 2. The summed E-state index contributed by atoms with van der Waals surface area (Å²) in [7, 11) is -3.67. The largest absolute Gasteiger partial charge is 0.353 e. The van der Waals surface area contributed by atoms with E-state index in [0.717, 1.165) is 28.3 Å². The van der Waals surface area contributed by atoms with Crippen LogP contribution in [0.2, 0.25) is 0 Å². The molecule has 174 valence electrons. The highest BCUT2D eigenvalue weighted by Crippen LogP contribution is 2.34. The molecule has 1 aliphatic heterocycles. The van der Waals surface area contributed by atoms with Gasteiger partial charge < -0.3 is 14.9 Å². The average molecular weight is 487 g/mol. The minimum Gasteiger partial charge on any atom is -0.353 e. The lowest BCUT2D eigenvalue weighted by Gasteiger charge is -2.35. The van der Waals surface area contributed by atoms with Gasteiger partial charge in [-0.2, -0.15) is 4.31 Å². The van der Waals surface area contributed by atoms with E-state index in [1.54, 1.807) is 17.4 Å². The molecule has 4 aromatic rings. The van der Waals surface area contributed by atoms with E-state index in [1.165, 1.54) is 22.0 Å². The lowest BCUT2D eigenvalue weighted by molar-refractivity contribution is 0.384. The molecular weight excluding hydrogens is 460 g/mol. The summed E-state index contributed by atoms with van der Waals surface area (Å²) in [4.78, 5) is 29.5. The molecule has 33 heavy (non-hydrogen) atoms. The first-order valence-electron chi connectivity index (χ1n) is 10.9. The summed E-state index contributed by atoms with van der Waals surface area (Å²) >= 11 is 1.64. The van der Waals surface area contributed by atoms with Gasteiger partial charge in [0.05, 0.1) is 21.3 Å². The third-order valence-electron chi connectivity index (χ3n) is 5.89. The molecule has 0 unspecified atom stereocenters. The third kappa shape index (κ3) is 4.04. The number of imidazole rings is 1. The van der Waals surface area contributed by atoms with Crippen molar-refractivity contribution in [3.05, 3.63) is 45.5 Å². The number of nitrogens with zero attached hydrogens (tertiary/aromatic N) is 4. The first-order chi connectivity index (χ1) is 15.7. The van der Waals surface area contributed by atoms with Gasteiger partial charge in [-0.15, -0.1) is 11.3 Å². The van der Waals surface area contributed by atoms with Gasteiger partial charge in [-0.25, -0.2) is 23.2 Å². The second kappa shape index (κ2) is 8.23. The minimum atomic E-state index is -3.67. The summed E-state index contributed by atoms with van der Waals surface area (Å²) in [6, 6.07) is 4.66. The predicted octanol–water partition coefficient (Wildman–Crippen LogP) is 2.88. The fourth-order valence-corrected chi connectivity index (χ4v) is 6.81. The Labute approximate surface area is 195 Å². The van der Waals surface area contributed by atoms with Crippen LogP contribution in [0.15, 0.2) is 33.3 Å². The van der Waals surface area contributed by atoms with E-state index in [2.05, 4.69) is 39.1 Å². The molecule has 1 aliphatic rings. The predicted molar refractivity (Wildman–Crippen MR) is 131 cm³/mol. The Morgan fingerprint density at radius 3 is 2.55 bits per heavy atom. The highest BCUT2D eigenvalue weighted by molar-refractivity contribution is 7.89. The van der Waals surface area contributed by atoms with Crippen molar-refractivity contribution < 1.29 is 8.42 Å². The first kappa shape index (κ1) is 22.1. The van der Waals surface area contributed by atoms with Crippen LogP contribution in [-0.4, -0.2) is 58.8 Å². The van der Waals surface area contributed by atoms with Crippen LogP contribution < -0.4 is 10.6 Å². The summed E-state index contributed by atoms with van der Waals surface area (Å²) in [6.45, 7) is 8.10. The van der Waals surface area contributed by atoms with Crippen molar-refractivity contribution in [2.75, 3.05) is 31.1 Å². The highest BCUT2D eigenvalue weighted by atomic mass is 32.2. The number of hydrogen-bond donors (Lipinski definition) is 2. The molecule has 0 spiro atoms. The second-order valence-electron chi connectivity index (χ2n) is 8.81. The van der Waals surface area contributed by atoms with E-state index in [-0.39, 0.29) is 10.6 Å². The number of anilines is 1. The fourth-order valence-electron chi connectivity index (χ4n) is 4.37. The maximum Gasteiger partial charge on any atom is 0.323 e. The molecule has 0 aliphatic carbocycles. The Bertz CT molecular complexity index is 1490. The summed E-state index contributed by atoms with van der Waals surface area (Å²) < 4.78 is 28.0. The number of aromatic amines is 2. The molecule has 0 radical (unpaired) electrons. The van der Waals surface area contributed by atoms with Crippen LogP contribution in [0.25, 0.3) is 21.3 Å². The van der Waals surface area contributed by atoms with Crippen molar-refractivity contribution in [3.8, 4) is 0 Å². The van der Waals surface area contributed by atoms with Gasteiger partial charge in [-0.1, -0.05) is 13.8 Å². The zero-order valence-electron chi connectivity index (χ0n) is 18.8. The van der Waals surface area contributed by atoms with Crippen molar-refractivity contribution in [1.29, 1.82) is 0 Å². The van der Waals surface area contributed by atoms with Gasteiger partial charge in [0, 0.05) is 26.2 Å². The van der Waals surface area contributed by atoms with E-state index in [1.807, 2.05) is 6.92 Å². The van der Waals surface area contributed by atoms with E-state index in [9.17, 15) is 13.2 Å². The Balaban J connectivity index is 1.41. The van der Waals surface area contributed by atoms with Crippen LogP contribution in [0.3, 0.4) is 0 Å². The zero-order valence-corrected chi connectivity index (χ0v) is 20.4. The molecule has 2 N–H and O–H groups in total.